The van der Waals surface area contributed by atoms with E-state index in [0.717, 1.165) is 11.1 Å². The fourth-order valence-corrected chi connectivity index (χ4v) is 3.07. The molecule has 0 spiro atoms. The van der Waals surface area contributed by atoms with Gasteiger partial charge in [-0.3, -0.25) is 9.59 Å². The summed E-state index contributed by atoms with van der Waals surface area (Å²) in [6.45, 7) is 4.37. The van der Waals surface area contributed by atoms with E-state index in [9.17, 15) is 14.4 Å². The number of ether oxygens (including phenoxy) is 4. The molecule has 7 nitrogen and oxygen atoms in total. The van der Waals surface area contributed by atoms with E-state index in [-0.39, 0.29) is 13.2 Å². The molecule has 0 radical (unpaired) electrons. The lowest BCUT2D eigenvalue weighted by atomic mass is 10.0. The van der Waals surface area contributed by atoms with E-state index in [1.807, 2.05) is 60.7 Å². The van der Waals surface area contributed by atoms with Crippen molar-refractivity contribution in [3.05, 3.63) is 71.8 Å². The van der Waals surface area contributed by atoms with Crippen LogP contribution in [0.2, 0.25) is 0 Å². The van der Waals surface area contributed by atoms with E-state index >= 15 is 0 Å². The molecule has 2 aromatic carbocycles. The van der Waals surface area contributed by atoms with Gasteiger partial charge in [0.2, 0.25) is 0 Å². The molecular formula is C24H28O7. The largest absolute Gasteiger partial charge is 0.459 e. The minimum atomic E-state index is -1.06. The molecule has 0 bridgehead atoms. The molecular weight excluding hydrogens is 400 g/mol. The van der Waals surface area contributed by atoms with Crippen LogP contribution in [-0.4, -0.2) is 42.6 Å². The SMILES string of the molecule is CC(=O)O[C@@H]([C@@H](OCc1ccccc1)[C@H](C=O)OCc1ccccc1)[C@H](C)OC(C)=O. The van der Waals surface area contributed by atoms with E-state index in [1.165, 1.54) is 13.8 Å². The molecule has 0 aromatic heterocycles. The molecule has 0 fully saturated rings. The second kappa shape index (κ2) is 12.6. The van der Waals surface area contributed by atoms with Gasteiger partial charge in [0.05, 0.1) is 13.2 Å². The highest BCUT2D eigenvalue weighted by molar-refractivity contribution is 5.67. The highest BCUT2D eigenvalue weighted by atomic mass is 16.6. The van der Waals surface area contributed by atoms with Crippen LogP contribution in [0.4, 0.5) is 0 Å². The molecule has 0 unspecified atom stereocenters. The van der Waals surface area contributed by atoms with Gasteiger partial charge in [0, 0.05) is 13.8 Å². The number of hydrogen-bond donors (Lipinski definition) is 0. The first-order chi connectivity index (χ1) is 14.9. The van der Waals surface area contributed by atoms with Crippen molar-refractivity contribution in [3.63, 3.8) is 0 Å². The van der Waals surface area contributed by atoms with Crippen LogP contribution >= 0.6 is 0 Å². The lowest BCUT2D eigenvalue weighted by molar-refractivity contribution is -0.192. The smallest absolute Gasteiger partial charge is 0.303 e. The Hall–Kier alpha value is -3.03. The summed E-state index contributed by atoms with van der Waals surface area (Å²) < 4.78 is 22.5. The standard InChI is InChI=1S/C24H28O7/c1-17(30-18(2)26)23(31-19(3)27)24(29-16-21-12-8-5-9-13-21)22(14-25)28-15-20-10-6-4-7-11-20/h4-14,17,22-24H,15-16H2,1-3H3/t17-,22-,23+,24-/m0/s1. The Bertz CT molecular complexity index is 822. The Balaban J connectivity index is 2.26. The van der Waals surface area contributed by atoms with Crippen molar-refractivity contribution in [2.24, 2.45) is 0 Å². The maximum absolute atomic E-state index is 12.0. The molecule has 0 aliphatic carbocycles. The second-order valence-electron chi connectivity index (χ2n) is 7.05. The monoisotopic (exact) mass is 428 g/mol. The zero-order valence-corrected chi connectivity index (χ0v) is 17.9. The first kappa shape index (κ1) is 24.2. The average Bonchev–Trinajstić information content (AvgIpc) is 2.75. The Morgan fingerprint density at radius 2 is 1.26 bits per heavy atom. The summed E-state index contributed by atoms with van der Waals surface area (Å²) >= 11 is 0. The van der Waals surface area contributed by atoms with E-state index in [0.29, 0.717) is 6.29 Å². The summed E-state index contributed by atoms with van der Waals surface area (Å²) in [7, 11) is 0. The highest BCUT2D eigenvalue weighted by Gasteiger charge is 2.39. The summed E-state index contributed by atoms with van der Waals surface area (Å²) in [5.41, 5.74) is 1.73. The number of hydrogen-bond acceptors (Lipinski definition) is 7. The molecule has 0 amide bonds. The Morgan fingerprint density at radius 1 is 0.774 bits per heavy atom. The molecule has 2 aromatic rings. The van der Waals surface area contributed by atoms with E-state index in [4.69, 9.17) is 18.9 Å². The molecule has 0 aliphatic rings. The number of carbonyl (C=O) groups is 3. The van der Waals surface area contributed by atoms with Gasteiger partial charge in [0.15, 0.2) is 12.4 Å². The fraction of sp³-hybridized carbons (Fsp3) is 0.375. The lowest BCUT2D eigenvalue weighted by Gasteiger charge is -2.33. The van der Waals surface area contributed by atoms with Gasteiger partial charge in [-0.2, -0.15) is 0 Å². The van der Waals surface area contributed by atoms with E-state index in [1.54, 1.807) is 6.92 Å². The van der Waals surface area contributed by atoms with E-state index in [2.05, 4.69) is 0 Å². The molecule has 0 aliphatic heterocycles. The first-order valence-corrected chi connectivity index (χ1v) is 10.0. The normalized spacial score (nSPS) is 14.7. The second-order valence-corrected chi connectivity index (χ2v) is 7.05. The van der Waals surface area contributed by atoms with Crippen LogP contribution in [0, 0.1) is 0 Å². The molecule has 0 saturated carbocycles. The Kier molecular flexibility index (Phi) is 9.87. The molecule has 4 atom stereocenters. The summed E-state index contributed by atoms with van der Waals surface area (Å²) in [6.07, 6.45) is -3.36. The van der Waals surface area contributed by atoms with Crippen molar-refractivity contribution < 1.29 is 33.3 Å². The van der Waals surface area contributed by atoms with Crippen LogP contribution < -0.4 is 0 Å². The third-order valence-electron chi connectivity index (χ3n) is 4.47. The Morgan fingerprint density at radius 3 is 1.71 bits per heavy atom. The maximum Gasteiger partial charge on any atom is 0.303 e. The van der Waals surface area contributed by atoms with Crippen LogP contribution in [0.25, 0.3) is 0 Å². The predicted octanol–water partition coefficient (Wildman–Crippen LogP) is 3.24. The third-order valence-corrected chi connectivity index (χ3v) is 4.47. The topological polar surface area (TPSA) is 88.1 Å². The van der Waals surface area contributed by atoms with Crippen LogP contribution in [0.5, 0.6) is 0 Å². The van der Waals surface area contributed by atoms with Gasteiger partial charge in [-0.15, -0.1) is 0 Å². The molecule has 166 valence electrons. The molecule has 0 heterocycles. The lowest BCUT2D eigenvalue weighted by Crippen LogP contribution is -2.50. The zero-order valence-electron chi connectivity index (χ0n) is 17.9. The predicted molar refractivity (Wildman–Crippen MR) is 113 cm³/mol. The summed E-state index contributed by atoms with van der Waals surface area (Å²) in [6, 6.07) is 18.7. The van der Waals surface area contributed by atoms with Gasteiger partial charge in [-0.1, -0.05) is 60.7 Å². The summed E-state index contributed by atoms with van der Waals surface area (Å²) in [5.74, 6) is -1.13. The van der Waals surface area contributed by atoms with Crippen LogP contribution in [0.15, 0.2) is 60.7 Å². The van der Waals surface area contributed by atoms with Crippen molar-refractivity contribution in [1.82, 2.24) is 0 Å². The van der Waals surface area contributed by atoms with Crippen molar-refractivity contribution in [1.29, 1.82) is 0 Å². The highest BCUT2D eigenvalue weighted by Crippen LogP contribution is 2.20. The minimum Gasteiger partial charge on any atom is -0.459 e. The number of carbonyl (C=O) groups excluding carboxylic acids is 3. The van der Waals surface area contributed by atoms with Crippen molar-refractivity contribution in [2.45, 2.75) is 58.4 Å². The van der Waals surface area contributed by atoms with Crippen LogP contribution in [0.1, 0.15) is 31.9 Å². The first-order valence-electron chi connectivity index (χ1n) is 10.0. The molecule has 31 heavy (non-hydrogen) atoms. The fourth-order valence-electron chi connectivity index (χ4n) is 3.07. The van der Waals surface area contributed by atoms with Gasteiger partial charge in [0.25, 0.3) is 0 Å². The van der Waals surface area contributed by atoms with Gasteiger partial charge < -0.3 is 23.7 Å². The van der Waals surface area contributed by atoms with Gasteiger partial charge >= 0.3 is 11.9 Å². The van der Waals surface area contributed by atoms with Gasteiger partial charge in [-0.25, -0.2) is 0 Å². The quantitative estimate of drug-likeness (QED) is 0.379. The molecule has 0 N–H and O–H groups in total. The Labute approximate surface area is 182 Å². The van der Waals surface area contributed by atoms with Crippen LogP contribution in [0.3, 0.4) is 0 Å². The zero-order chi connectivity index (χ0) is 22.6. The summed E-state index contributed by atoms with van der Waals surface area (Å²) in [5, 5.41) is 0. The van der Waals surface area contributed by atoms with Crippen molar-refractivity contribution >= 4 is 18.2 Å². The number of rotatable bonds is 12. The molecule has 0 saturated heterocycles. The number of benzene rings is 2. The minimum absolute atomic E-state index is 0.148. The van der Waals surface area contributed by atoms with Gasteiger partial charge in [-0.05, 0) is 18.1 Å². The number of aldehydes is 1. The average molecular weight is 428 g/mol. The summed E-state index contributed by atoms with van der Waals surface area (Å²) in [4.78, 5) is 35.2. The van der Waals surface area contributed by atoms with Crippen molar-refractivity contribution in [2.75, 3.05) is 0 Å². The van der Waals surface area contributed by atoms with Gasteiger partial charge in [0.1, 0.15) is 18.3 Å². The maximum atomic E-state index is 12.0. The van der Waals surface area contributed by atoms with E-state index < -0.39 is 36.4 Å². The number of esters is 2. The van der Waals surface area contributed by atoms with Crippen LogP contribution in [-0.2, 0) is 46.5 Å². The van der Waals surface area contributed by atoms with Crippen molar-refractivity contribution in [3.8, 4) is 0 Å². The molecule has 7 heteroatoms. The molecule has 2 rings (SSSR count). The third kappa shape index (κ3) is 8.32.